The number of nitrogens with zero attached hydrogens (tertiary/aromatic N) is 1. The molecule has 0 unspecified atom stereocenters. The molecule has 3 aromatic rings. The summed E-state index contributed by atoms with van der Waals surface area (Å²) in [5, 5.41) is 6.12. The average molecular weight is 378 g/mol. The molecular weight excluding hydrogens is 356 g/mol. The van der Waals surface area contributed by atoms with Crippen molar-refractivity contribution < 1.29 is 9.59 Å². The van der Waals surface area contributed by atoms with E-state index in [1.54, 1.807) is 47.7 Å². The lowest BCUT2D eigenvalue weighted by atomic mass is 9.98. The Hall–Kier alpha value is -2.79. The van der Waals surface area contributed by atoms with Crippen LogP contribution in [0.3, 0.4) is 0 Å². The number of amides is 1. The van der Waals surface area contributed by atoms with Crippen LogP contribution in [0.5, 0.6) is 0 Å². The van der Waals surface area contributed by atoms with E-state index in [0.717, 1.165) is 30.0 Å². The number of ketones is 1. The molecule has 1 heterocycles. The van der Waals surface area contributed by atoms with E-state index in [4.69, 9.17) is 0 Å². The van der Waals surface area contributed by atoms with Gasteiger partial charge in [-0.15, -0.1) is 11.3 Å². The Labute approximate surface area is 163 Å². The van der Waals surface area contributed by atoms with Crippen LogP contribution < -0.4 is 5.32 Å². The quantitative estimate of drug-likeness (QED) is 0.466. The van der Waals surface area contributed by atoms with E-state index in [1.165, 1.54) is 0 Å². The van der Waals surface area contributed by atoms with Crippen molar-refractivity contribution >= 4 is 23.0 Å². The molecule has 0 aliphatic rings. The molecule has 5 heteroatoms. The topological polar surface area (TPSA) is 59.1 Å². The highest BCUT2D eigenvalue weighted by Gasteiger charge is 2.17. The highest BCUT2D eigenvalue weighted by Crippen LogP contribution is 2.15. The second-order valence-electron chi connectivity index (χ2n) is 6.34. The Morgan fingerprint density at radius 2 is 1.67 bits per heavy atom. The van der Waals surface area contributed by atoms with Crippen molar-refractivity contribution in [2.45, 2.75) is 26.2 Å². The second kappa shape index (κ2) is 9.24. The summed E-state index contributed by atoms with van der Waals surface area (Å²) in [5.74, 6) is -0.347. The highest BCUT2D eigenvalue weighted by molar-refractivity contribution is 7.09. The summed E-state index contributed by atoms with van der Waals surface area (Å²) in [6.07, 6.45) is 2.77. The van der Waals surface area contributed by atoms with Gasteiger partial charge in [-0.3, -0.25) is 9.59 Å². The van der Waals surface area contributed by atoms with Gasteiger partial charge >= 0.3 is 0 Å². The molecule has 138 valence electrons. The number of rotatable bonds is 8. The van der Waals surface area contributed by atoms with Gasteiger partial charge in [-0.2, -0.15) is 0 Å². The Morgan fingerprint density at radius 3 is 2.37 bits per heavy atom. The monoisotopic (exact) mass is 378 g/mol. The van der Waals surface area contributed by atoms with Gasteiger partial charge < -0.3 is 5.32 Å². The number of aromatic nitrogens is 1. The molecule has 0 aliphatic carbocycles. The maximum atomic E-state index is 12.7. The van der Waals surface area contributed by atoms with Gasteiger partial charge in [0.1, 0.15) is 0 Å². The van der Waals surface area contributed by atoms with Crippen LogP contribution in [0.1, 0.15) is 49.8 Å². The number of hydrogen-bond donors (Lipinski definition) is 1. The molecule has 0 fully saturated rings. The first-order valence-electron chi connectivity index (χ1n) is 9.03. The van der Waals surface area contributed by atoms with Crippen molar-refractivity contribution in [2.24, 2.45) is 0 Å². The number of thiazole rings is 1. The normalized spacial score (nSPS) is 10.6. The molecule has 3 rings (SSSR count). The lowest BCUT2D eigenvalue weighted by Gasteiger charge is -2.09. The molecule has 0 bridgehead atoms. The fraction of sp³-hybridized carbons (Fsp3) is 0.227. The first-order chi connectivity index (χ1) is 13.1. The number of hydrogen-bond acceptors (Lipinski definition) is 4. The molecule has 1 aromatic heterocycles. The molecule has 0 atom stereocenters. The maximum Gasteiger partial charge on any atom is 0.252 e. The van der Waals surface area contributed by atoms with E-state index in [1.807, 2.05) is 25.1 Å². The smallest absolute Gasteiger partial charge is 0.252 e. The minimum absolute atomic E-state index is 0.138. The summed E-state index contributed by atoms with van der Waals surface area (Å²) in [6.45, 7) is 2.57. The van der Waals surface area contributed by atoms with E-state index in [-0.39, 0.29) is 11.7 Å². The van der Waals surface area contributed by atoms with Gasteiger partial charge in [-0.1, -0.05) is 48.5 Å². The molecule has 0 aliphatic heterocycles. The maximum absolute atomic E-state index is 12.7. The molecule has 2 aromatic carbocycles. The number of benzene rings is 2. The van der Waals surface area contributed by atoms with Crippen LogP contribution in [0.25, 0.3) is 0 Å². The van der Waals surface area contributed by atoms with Crippen LogP contribution in [0.15, 0.2) is 60.0 Å². The second-order valence-corrected chi connectivity index (χ2v) is 7.28. The van der Waals surface area contributed by atoms with Crippen LogP contribution >= 0.6 is 11.3 Å². The summed E-state index contributed by atoms with van der Waals surface area (Å²) in [4.78, 5) is 29.7. The van der Waals surface area contributed by atoms with Crippen molar-refractivity contribution in [3.8, 4) is 0 Å². The van der Waals surface area contributed by atoms with E-state index in [0.29, 0.717) is 23.2 Å². The number of nitrogens with one attached hydrogen (secondary N) is 1. The Kier molecular flexibility index (Phi) is 6.49. The summed E-state index contributed by atoms with van der Waals surface area (Å²) in [7, 11) is 0. The number of carbonyl (C=O) groups is 2. The van der Waals surface area contributed by atoms with Crippen LogP contribution in [0.4, 0.5) is 0 Å². The third-order valence-electron chi connectivity index (χ3n) is 4.22. The molecule has 0 saturated heterocycles. The summed E-state index contributed by atoms with van der Waals surface area (Å²) < 4.78 is 0. The Morgan fingerprint density at radius 1 is 0.963 bits per heavy atom. The number of unbranched alkanes of at least 4 members (excludes halogenated alkanes) is 1. The summed E-state index contributed by atoms with van der Waals surface area (Å²) in [6, 6.07) is 16.0. The van der Waals surface area contributed by atoms with E-state index >= 15 is 0 Å². The van der Waals surface area contributed by atoms with Crippen molar-refractivity contribution in [2.75, 3.05) is 6.54 Å². The minimum Gasteiger partial charge on any atom is -0.352 e. The third-order valence-corrected chi connectivity index (χ3v) is 5.25. The first-order valence-corrected chi connectivity index (χ1v) is 9.91. The van der Waals surface area contributed by atoms with Gasteiger partial charge in [0.2, 0.25) is 0 Å². The van der Waals surface area contributed by atoms with Crippen LogP contribution in [0, 0.1) is 6.92 Å². The molecular formula is C22H22N2O2S. The lowest BCUT2D eigenvalue weighted by molar-refractivity contribution is 0.0941. The fourth-order valence-corrected chi connectivity index (χ4v) is 3.66. The van der Waals surface area contributed by atoms with Gasteiger partial charge in [0.15, 0.2) is 5.78 Å². The predicted octanol–water partition coefficient (Wildman–Crippen LogP) is 4.44. The first kappa shape index (κ1) is 19.0. The van der Waals surface area contributed by atoms with E-state index in [9.17, 15) is 9.59 Å². The molecule has 1 N–H and O–H groups in total. The molecule has 0 spiro atoms. The molecule has 1 amide bonds. The standard InChI is InChI=1S/C22H22N2O2S/c1-16-15-27-20(24-16)13-7-8-14-23-22(26)19-12-6-5-11-18(19)21(25)17-9-3-2-4-10-17/h2-6,9-12,15H,7-8,13-14H2,1H3,(H,23,26). The Bertz CT molecular complexity index is 919. The Balaban J connectivity index is 1.56. The van der Waals surface area contributed by atoms with Crippen LogP contribution in [0.2, 0.25) is 0 Å². The van der Waals surface area contributed by atoms with Crippen molar-refractivity contribution in [1.82, 2.24) is 10.3 Å². The largest absolute Gasteiger partial charge is 0.352 e. The van der Waals surface area contributed by atoms with Crippen molar-refractivity contribution in [1.29, 1.82) is 0 Å². The molecule has 0 saturated carbocycles. The highest BCUT2D eigenvalue weighted by atomic mass is 32.1. The predicted molar refractivity (Wildman–Crippen MR) is 108 cm³/mol. The van der Waals surface area contributed by atoms with Crippen LogP contribution in [-0.2, 0) is 6.42 Å². The number of carbonyl (C=O) groups excluding carboxylic acids is 2. The zero-order chi connectivity index (χ0) is 19.1. The van der Waals surface area contributed by atoms with Gasteiger partial charge in [-0.05, 0) is 32.3 Å². The van der Waals surface area contributed by atoms with Gasteiger partial charge in [0.25, 0.3) is 5.91 Å². The lowest BCUT2D eigenvalue weighted by Crippen LogP contribution is -2.26. The average Bonchev–Trinajstić information content (AvgIpc) is 3.12. The van der Waals surface area contributed by atoms with Crippen LogP contribution in [-0.4, -0.2) is 23.2 Å². The zero-order valence-electron chi connectivity index (χ0n) is 15.3. The van der Waals surface area contributed by atoms with Crippen molar-refractivity contribution in [3.05, 3.63) is 87.4 Å². The van der Waals surface area contributed by atoms with Gasteiger partial charge in [0.05, 0.1) is 10.6 Å². The fourth-order valence-electron chi connectivity index (χ4n) is 2.84. The van der Waals surface area contributed by atoms with E-state index < -0.39 is 0 Å². The van der Waals surface area contributed by atoms with Gasteiger partial charge in [0, 0.05) is 28.7 Å². The van der Waals surface area contributed by atoms with Gasteiger partial charge in [-0.25, -0.2) is 4.98 Å². The molecule has 4 nitrogen and oxygen atoms in total. The zero-order valence-corrected chi connectivity index (χ0v) is 16.1. The van der Waals surface area contributed by atoms with Crippen molar-refractivity contribution in [3.63, 3.8) is 0 Å². The van der Waals surface area contributed by atoms with E-state index in [2.05, 4.69) is 15.7 Å². The summed E-state index contributed by atoms with van der Waals surface area (Å²) >= 11 is 1.68. The summed E-state index contributed by atoms with van der Waals surface area (Å²) in [5.41, 5.74) is 2.49. The SMILES string of the molecule is Cc1csc(CCCCNC(=O)c2ccccc2C(=O)c2ccccc2)n1. The molecule has 0 radical (unpaired) electrons. The molecule has 27 heavy (non-hydrogen) atoms. The number of aryl methyl sites for hydroxylation is 2. The minimum atomic E-state index is -0.208. The third kappa shape index (κ3) is 5.11.